The zero-order chi connectivity index (χ0) is 13.7. The van der Waals surface area contributed by atoms with Crippen LogP contribution in [0, 0.1) is 18.8 Å². The lowest BCUT2D eigenvalue weighted by Gasteiger charge is -2.17. The molecule has 0 spiro atoms. The van der Waals surface area contributed by atoms with E-state index >= 15 is 0 Å². The van der Waals surface area contributed by atoms with Crippen molar-refractivity contribution in [3.8, 4) is 0 Å². The molecule has 0 aliphatic heterocycles. The van der Waals surface area contributed by atoms with Crippen molar-refractivity contribution in [1.82, 2.24) is 0 Å². The van der Waals surface area contributed by atoms with Crippen molar-refractivity contribution in [2.24, 2.45) is 17.6 Å². The number of carbonyl (C=O) groups is 1. The summed E-state index contributed by atoms with van der Waals surface area (Å²) in [5, 5.41) is 3.52. The number of nitrogens with two attached hydrogens (primary N) is 1. The molecule has 0 aliphatic carbocycles. The average molecular weight is 269 g/mol. The van der Waals surface area contributed by atoms with Crippen LogP contribution in [0.3, 0.4) is 0 Å². The number of hydrogen-bond acceptors (Lipinski definition) is 2. The molecule has 3 N–H and O–H groups in total. The van der Waals surface area contributed by atoms with Crippen LogP contribution >= 0.6 is 11.6 Å². The Morgan fingerprint density at radius 1 is 1.44 bits per heavy atom. The molecule has 0 bridgehead atoms. The maximum absolute atomic E-state index is 12.1. The van der Waals surface area contributed by atoms with Crippen molar-refractivity contribution >= 4 is 23.2 Å². The van der Waals surface area contributed by atoms with Gasteiger partial charge < -0.3 is 11.1 Å². The Morgan fingerprint density at radius 2 is 2.11 bits per heavy atom. The van der Waals surface area contributed by atoms with E-state index in [-0.39, 0.29) is 11.8 Å². The van der Waals surface area contributed by atoms with Crippen LogP contribution < -0.4 is 11.1 Å². The topological polar surface area (TPSA) is 55.1 Å². The molecular formula is C14H21ClN2O. The second kappa shape index (κ2) is 6.76. The van der Waals surface area contributed by atoms with E-state index in [4.69, 9.17) is 17.3 Å². The summed E-state index contributed by atoms with van der Waals surface area (Å²) < 4.78 is 0. The number of halogens is 1. The van der Waals surface area contributed by atoms with Gasteiger partial charge in [0.15, 0.2) is 0 Å². The summed E-state index contributed by atoms with van der Waals surface area (Å²) in [6.07, 6.45) is 0.794. The molecular weight excluding hydrogens is 248 g/mol. The van der Waals surface area contributed by atoms with Gasteiger partial charge >= 0.3 is 0 Å². The summed E-state index contributed by atoms with van der Waals surface area (Å²) in [4.78, 5) is 12.1. The monoisotopic (exact) mass is 268 g/mol. The molecule has 1 aromatic rings. The molecule has 0 saturated heterocycles. The lowest BCUT2D eigenvalue weighted by Crippen LogP contribution is -2.30. The summed E-state index contributed by atoms with van der Waals surface area (Å²) in [6.45, 7) is 6.47. The first-order chi connectivity index (χ1) is 8.43. The maximum atomic E-state index is 12.1. The van der Waals surface area contributed by atoms with Crippen molar-refractivity contribution in [2.45, 2.75) is 27.2 Å². The molecule has 0 fully saturated rings. The molecule has 0 heterocycles. The molecule has 100 valence electrons. The molecule has 0 saturated carbocycles. The number of amides is 1. The average Bonchev–Trinajstić information content (AvgIpc) is 2.30. The zero-order valence-electron chi connectivity index (χ0n) is 11.2. The number of carbonyl (C=O) groups excluding carboxylic acids is 1. The third-order valence-corrected chi connectivity index (χ3v) is 3.10. The van der Waals surface area contributed by atoms with Gasteiger partial charge in [0.25, 0.3) is 0 Å². The highest BCUT2D eigenvalue weighted by Crippen LogP contribution is 2.21. The predicted octanol–water partition coefficient (Wildman–Crippen LogP) is 3.21. The summed E-state index contributed by atoms with van der Waals surface area (Å²) in [5.41, 5.74) is 7.41. The third kappa shape index (κ3) is 4.31. The SMILES string of the molecule is Cc1ccc(Cl)cc1NC(=O)C(CN)CC(C)C. The van der Waals surface area contributed by atoms with Crippen LogP contribution in [0.2, 0.25) is 5.02 Å². The number of hydrogen-bond donors (Lipinski definition) is 2. The van der Waals surface area contributed by atoms with E-state index in [0.29, 0.717) is 17.5 Å². The van der Waals surface area contributed by atoms with Gasteiger partial charge in [-0.15, -0.1) is 0 Å². The van der Waals surface area contributed by atoms with E-state index in [1.54, 1.807) is 12.1 Å². The Balaban J connectivity index is 2.76. The lowest BCUT2D eigenvalue weighted by atomic mass is 9.96. The van der Waals surface area contributed by atoms with E-state index in [2.05, 4.69) is 19.2 Å². The number of rotatable bonds is 5. The minimum Gasteiger partial charge on any atom is -0.330 e. The van der Waals surface area contributed by atoms with Gasteiger partial charge in [0.05, 0.1) is 5.92 Å². The molecule has 1 aromatic carbocycles. The minimum absolute atomic E-state index is 0.0310. The van der Waals surface area contributed by atoms with Crippen LogP contribution in [-0.2, 0) is 4.79 Å². The normalized spacial score (nSPS) is 12.6. The molecule has 3 nitrogen and oxygen atoms in total. The van der Waals surface area contributed by atoms with Crippen molar-refractivity contribution in [3.63, 3.8) is 0 Å². The zero-order valence-corrected chi connectivity index (χ0v) is 11.9. The quantitative estimate of drug-likeness (QED) is 0.862. The standard InChI is InChI=1S/C14H21ClN2O/c1-9(2)6-11(8-16)14(18)17-13-7-12(15)5-4-10(13)3/h4-5,7,9,11H,6,8,16H2,1-3H3,(H,17,18). The fourth-order valence-corrected chi connectivity index (χ4v) is 2.02. The third-order valence-electron chi connectivity index (χ3n) is 2.87. The Kier molecular flexibility index (Phi) is 5.63. The Labute approximate surface area is 114 Å². The van der Waals surface area contributed by atoms with E-state index in [1.165, 1.54) is 0 Å². The number of nitrogens with one attached hydrogen (secondary N) is 1. The van der Waals surface area contributed by atoms with Gasteiger partial charge in [-0.3, -0.25) is 4.79 Å². The van der Waals surface area contributed by atoms with Gasteiger partial charge in [0.2, 0.25) is 5.91 Å². The van der Waals surface area contributed by atoms with Crippen molar-refractivity contribution < 1.29 is 4.79 Å². The number of anilines is 1. The van der Waals surface area contributed by atoms with Gasteiger partial charge in [-0.1, -0.05) is 31.5 Å². The molecule has 0 radical (unpaired) electrons. The van der Waals surface area contributed by atoms with Crippen LogP contribution in [0.5, 0.6) is 0 Å². The first kappa shape index (κ1) is 15.0. The van der Waals surface area contributed by atoms with Crippen LogP contribution in [0.15, 0.2) is 18.2 Å². The van der Waals surface area contributed by atoms with Crippen LogP contribution in [0.1, 0.15) is 25.8 Å². The highest BCUT2D eigenvalue weighted by Gasteiger charge is 2.18. The maximum Gasteiger partial charge on any atom is 0.228 e. The highest BCUT2D eigenvalue weighted by molar-refractivity contribution is 6.31. The summed E-state index contributed by atoms with van der Waals surface area (Å²) in [6, 6.07) is 5.46. The fourth-order valence-electron chi connectivity index (χ4n) is 1.84. The van der Waals surface area contributed by atoms with E-state index in [9.17, 15) is 4.79 Å². The molecule has 0 aromatic heterocycles. The molecule has 1 amide bonds. The molecule has 1 rings (SSSR count). The first-order valence-corrected chi connectivity index (χ1v) is 6.59. The lowest BCUT2D eigenvalue weighted by molar-refractivity contribution is -0.120. The summed E-state index contributed by atoms with van der Waals surface area (Å²) >= 11 is 5.92. The van der Waals surface area contributed by atoms with E-state index in [0.717, 1.165) is 17.7 Å². The van der Waals surface area contributed by atoms with Gasteiger partial charge in [-0.05, 0) is 37.0 Å². The smallest absolute Gasteiger partial charge is 0.228 e. The van der Waals surface area contributed by atoms with Gasteiger partial charge in [-0.25, -0.2) is 0 Å². The predicted molar refractivity (Wildman–Crippen MR) is 76.8 cm³/mol. The Morgan fingerprint density at radius 3 is 2.67 bits per heavy atom. The summed E-state index contributed by atoms with van der Waals surface area (Å²) in [5.74, 6) is 0.268. The molecule has 1 unspecified atom stereocenters. The highest BCUT2D eigenvalue weighted by atomic mass is 35.5. The Hall–Kier alpha value is -1.06. The van der Waals surface area contributed by atoms with Crippen LogP contribution in [0.25, 0.3) is 0 Å². The van der Waals surface area contributed by atoms with Gasteiger partial charge in [0, 0.05) is 17.3 Å². The van der Waals surface area contributed by atoms with E-state index in [1.807, 2.05) is 13.0 Å². The number of aryl methyl sites for hydroxylation is 1. The van der Waals surface area contributed by atoms with Crippen LogP contribution in [0.4, 0.5) is 5.69 Å². The minimum atomic E-state index is -0.150. The van der Waals surface area contributed by atoms with Crippen molar-refractivity contribution in [1.29, 1.82) is 0 Å². The van der Waals surface area contributed by atoms with Crippen molar-refractivity contribution in [3.05, 3.63) is 28.8 Å². The fraction of sp³-hybridized carbons (Fsp3) is 0.500. The molecule has 18 heavy (non-hydrogen) atoms. The number of benzene rings is 1. The molecule has 1 atom stereocenters. The Bertz CT molecular complexity index is 418. The largest absolute Gasteiger partial charge is 0.330 e. The second-order valence-corrected chi connectivity index (χ2v) is 5.45. The van der Waals surface area contributed by atoms with Gasteiger partial charge in [0.1, 0.15) is 0 Å². The van der Waals surface area contributed by atoms with Crippen molar-refractivity contribution in [2.75, 3.05) is 11.9 Å². The first-order valence-electron chi connectivity index (χ1n) is 6.21. The second-order valence-electron chi connectivity index (χ2n) is 5.01. The van der Waals surface area contributed by atoms with E-state index < -0.39 is 0 Å². The van der Waals surface area contributed by atoms with Crippen LogP contribution in [-0.4, -0.2) is 12.5 Å². The molecule has 4 heteroatoms. The van der Waals surface area contributed by atoms with Gasteiger partial charge in [-0.2, -0.15) is 0 Å². The summed E-state index contributed by atoms with van der Waals surface area (Å²) in [7, 11) is 0. The molecule has 0 aliphatic rings.